The van der Waals surface area contributed by atoms with E-state index in [0.29, 0.717) is 5.69 Å². The van der Waals surface area contributed by atoms with Crippen molar-refractivity contribution in [1.29, 1.82) is 0 Å². The van der Waals surface area contributed by atoms with Crippen molar-refractivity contribution >= 4 is 30.5 Å². The number of benzene rings is 1. The molecule has 0 bridgehead atoms. The van der Waals surface area contributed by atoms with Gasteiger partial charge in [0.25, 0.3) is 0 Å². The second-order valence-electron chi connectivity index (χ2n) is 3.43. The van der Waals surface area contributed by atoms with Crippen LogP contribution in [0, 0.1) is 5.82 Å². The Hall–Kier alpha value is -0.510. The largest absolute Gasteiger partial charge is 0.399 e. The molecular weight excluding hydrogens is 238 g/mol. The van der Waals surface area contributed by atoms with Crippen molar-refractivity contribution in [2.75, 3.05) is 12.3 Å². The van der Waals surface area contributed by atoms with Gasteiger partial charge in [-0.2, -0.15) is 0 Å². The van der Waals surface area contributed by atoms with E-state index in [4.69, 9.17) is 5.73 Å². The summed E-state index contributed by atoms with van der Waals surface area (Å²) in [6.45, 7) is 0.981. The average Bonchev–Trinajstić information content (AvgIpc) is 2.56. The zero-order valence-corrected chi connectivity index (χ0v) is 9.84. The predicted molar refractivity (Wildman–Crippen MR) is 65.3 cm³/mol. The van der Waals surface area contributed by atoms with Crippen molar-refractivity contribution < 1.29 is 4.39 Å². The van der Waals surface area contributed by atoms with Gasteiger partial charge >= 0.3 is 0 Å². The van der Waals surface area contributed by atoms with E-state index in [1.165, 1.54) is 6.07 Å². The van der Waals surface area contributed by atoms with Gasteiger partial charge < -0.3 is 11.1 Å². The lowest BCUT2D eigenvalue weighted by atomic mass is 10.0. The third kappa shape index (κ3) is 3.23. The van der Waals surface area contributed by atoms with Crippen molar-refractivity contribution in [3.8, 4) is 0 Å². The second kappa shape index (κ2) is 6.16. The third-order valence-corrected chi connectivity index (χ3v) is 2.46. The molecule has 0 aliphatic carbocycles. The van der Waals surface area contributed by atoms with Crippen molar-refractivity contribution in [3.05, 3.63) is 29.6 Å². The minimum absolute atomic E-state index is 0. The highest BCUT2D eigenvalue weighted by Gasteiger charge is 2.18. The normalized spacial score (nSPS) is 19.1. The van der Waals surface area contributed by atoms with Gasteiger partial charge in [-0.05, 0) is 31.5 Å². The highest BCUT2D eigenvalue weighted by Crippen LogP contribution is 2.26. The van der Waals surface area contributed by atoms with Crippen LogP contribution in [0.2, 0.25) is 0 Å². The molecule has 1 atom stereocenters. The number of nitrogens with two attached hydrogens (primary N) is 1. The fourth-order valence-corrected chi connectivity index (χ4v) is 1.78. The molecule has 0 aromatic heterocycles. The number of halogens is 3. The molecule has 1 aromatic rings. The highest BCUT2D eigenvalue weighted by molar-refractivity contribution is 5.85. The van der Waals surface area contributed by atoms with Crippen LogP contribution in [0.3, 0.4) is 0 Å². The topological polar surface area (TPSA) is 38.0 Å². The summed E-state index contributed by atoms with van der Waals surface area (Å²) >= 11 is 0. The first-order valence-electron chi connectivity index (χ1n) is 4.55. The number of nitrogen functional groups attached to an aromatic ring is 1. The van der Waals surface area contributed by atoms with Crippen molar-refractivity contribution in [2.45, 2.75) is 18.9 Å². The Morgan fingerprint density at radius 1 is 1.33 bits per heavy atom. The molecule has 1 fully saturated rings. The van der Waals surface area contributed by atoms with Crippen molar-refractivity contribution in [1.82, 2.24) is 5.32 Å². The molecule has 0 radical (unpaired) electrons. The van der Waals surface area contributed by atoms with Gasteiger partial charge in [0.15, 0.2) is 0 Å². The van der Waals surface area contributed by atoms with E-state index in [2.05, 4.69) is 5.32 Å². The zero-order valence-electron chi connectivity index (χ0n) is 8.20. The Bertz CT molecular complexity index is 314. The van der Waals surface area contributed by atoms with E-state index in [9.17, 15) is 4.39 Å². The summed E-state index contributed by atoms with van der Waals surface area (Å²) in [5.74, 6) is -0.195. The van der Waals surface area contributed by atoms with Gasteiger partial charge in [-0.1, -0.05) is 6.07 Å². The maximum absolute atomic E-state index is 13.4. The van der Waals surface area contributed by atoms with Crippen LogP contribution in [0.25, 0.3) is 0 Å². The number of rotatable bonds is 1. The first-order valence-corrected chi connectivity index (χ1v) is 4.55. The lowest BCUT2D eigenvalue weighted by molar-refractivity contribution is 0.559. The molecule has 1 aliphatic heterocycles. The lowest BCUT2D eigenvalue weighted by Crippen LogP contribution is -2.14. The minimum atomic E-state index is -0.195. The van der Waals surface area contributed by atoms with Gasteiger partial charge in [0.1, 0.15) is 5.82 Å². The molecule has 2 rings (SSSR count). The van der Waals surface area contributed by atoms with Gasteiger partial charge in [0.05, 0.1) is 0 Å². The van der Waals surface area contributed by atoms with Crippen LogP contribution in [0.4, 0.5) is 10.1 Å². The number of hydrogen-bond donors (Lipinski definition) is 2. The zero-order chi connectivity index (χ0) is 9.26. The SMILES string of the molecule is Cl.Cl.Nc1ccc(C2CCCN2)c(F)c1. The molecule has 1 heterocycles. The lowest BCUT2D eigenvalue weighted by Gasteiger charge is -2.11. The Kier molecular flexibility index (Phi) is 5.95. The van der Waals surface area contributed by atoms with E-state index >= 15 is 0 Å². The van der Waals surface area contributed by atoms with Gasteiger partial charge in [-0.15, -0.1) is 24.8 Å². The standard InChI is InChI=1S/C10H13FN2.2ClH/c11-9-6-7(12)3-4-8(9)10-2-1-5-13-10;;/h3-4,6,10,13H,1-2,5,12H2;2*1H. The van der Waals surface area contributed by atoms with Crippen LogP contribution in [0.1, 0.15) is 24.4 Å². The monoisotopic (exact) mass is 252 g/mol. The van der Waals surface area contributed by atoms with Gasteiger partial charge in [-0.3, -0.25) is 0 Å². The summed E-state index contributed by atoms with van der Waals surface area (Å²) in [4.78, 5) is 0. The summed E-state index contributed by atoms with van der Waals surface area (Å²) < 4.78 is 13.4. The molecule has 86 valence electrons. The summed E-state index contributed by atoms with van der Waals surface area (Å²) in [5, 5.41) is 3.25. The molecule has 1 aromatic carbocycles. The van der Waals surface area contributed by atoms with E-state index < -0.39 is 0 Å². The van der Waals surface area contributed by atoms with Crippen LogP contribution < -0.4 is 11.1 Å². The molecule has 0 spiro atoms. The summed E-state index contributed by atoms with van der Waals surface area (Å²) in [6.07, 6.45) is 2.13. The second-order valence-corrected chi connectivity index (χ2v) is 3.43. The fourth-order valence-electron chi connectivity index (χ4n) is 1.78. The van der Waals surface area contributed by atoms with E-state index in [1.807, 2.05) is 0 Å². The van der Waals surface area contributed by atoms with Crippen LogP contribution in [-0.4, -0.2) is 6.54 Å². The number of nitrogens with one attached hydrogen (secondary N) is 1. The molecule has 2 nitrogen and oxygen atoms in total. The first-order chi connectivity index (χ1) is 6.27. The molecule has 1 saturated heterocycles. The van der Waals surface area contributed by atoms with E-state index in [0.717, 1.165) is 24.9 Å². The maximum atomic E-state index is 13.4. The van der Waals surface area contributed by atoms with Crippen LogP contribution in [0.15, 0.2) is 18.2 Å². The quantitative estimate of drug-likeness (QED) is 0.755. The Labute approximate surface area is 101 Å². The Morgan fingerprint density at radius 3 is 2.60 bits per heavy atom. The van der Waals surface area contributed by atoms with Crippen molar-refractivity contribution in [2.24, 2.45) is 0 Å². The van der Waals surface area contributed by atoms with Crippen LogP contribution in [-0.2, 0) is 0 Å². The average molecular weight is 253 g/mol. The van der Waals surface area contributed by atoms with E-state index in [-0.39, 0.29) is 36.7 Å². The van der Waals surface area contributed by atoms with Gasteiger partial charge in [0, 0.05) is 17.3 Å². The molecule has 1 unspecified atom stereocenters. The highest BCUT2D eigenvalue weighted by atomic mass is 35.5. The fraction of sp³-hybridized carbons (Fsp3) is 0.400. The third-order valence-electron chi connectivity index (χ3n) is 2.46. The summed E-state index contributed by atoms with van der Waals surface area (Å²) in [5.41, 5.74) is 6.69. The first kappa shape index (κ1) is 14.5. The molecule has 0 saturated carbocycles. The van der Waals surface area contributed by atoms with Crippen LogP contribution >= 0.6 is 24.8 Å². The molecule has 3 N–H and O–H groups in total. The molecule has 15 heavy (non-hydrogen) atoms. The number of anilines is 1. The minimum Gasteiger partial charge on any atom is -0.399 e. The van der Waals surface area contributed by atoms with Crippen LogP contribution in [0.5, 0.6) is 0 Å². The van der Waals surface area contributed by atoms with Gasteiger partial charge in [0.2, 0.25) is 0 Å². The smallest absolute Gasteiger partial charge is 0.130 e. The van der Waals surface area contributed by atoms with E-state index in [1.54, 1.807) is 12.1 Å². The predicted octanol–water partition coefficient (Wildman–Crippen LogP) is 2.68. The van der Waals surface area contributed by atoms with Crippen molar-refractivity contribution in [3.63, 3.8) is 0 Å². The summed E-state index contributed by atoms with van der Waals surface area (Å²) in [7, 11) is 0. The molecular formula is C10H15Cl2FN2. The Morgan fingerprint density at radius 2 is 2.07 bits per heavy atom. The number of hydrogen-bond acceptors (Lipinski definition) is 2. The molecule has 5 heteroatoms. The molecule has 1 aliphatic rings. The Balaban J connectivity index is 0.000000980. The molecule has 0 amide bonds. The summed E-state index contributed by atoms with van der Waals surface area (Å²) in [6, 6.07) is 5.09. The maximum Gasteiger partial charge on any atom is 0.130 e. The van der Waals surface area contributed by atoms with Gasteiger partial charge in [-0.25, -0.2) is 4.39 Å².